The average molecular weight is 294 g/mol. The summed E-state index contributed by atoms with van der Waals surface area (Å²) in [6, 6.07) is 7.36. The molecule has 0 aliphatic rings. The Morgan fingerprint density at radius 3 is 2.55 bits per heavy atom. The number of nitrogens with zero attached hydrogens (tertiary/aromatic N) is 4. The van der Waals surface area contributed by atoms with Crippen molar-refractivity contribution < 1.29 is 13.0 Å². The number of hydrogen-bond donors (Lipinski definition) is 1. The molecule has 0 saturated heterocycles. The van der Waals surface area contributed by atoms with E-state index in [0.717, 1.165) is 24.9 Å². The summed E-state index contributed by atoms with van der Waals surface area (Å²) in [6.45, 7) is 2.80. The highest BCUT2D eigenvalue weighted by molar-refractivity contribution is 7.85. The van der Waals surface area contributed by atoms with Gasteiger partial charge in [-0.2, -0.15) is 8.42 Å². The Balaban J connectivity index is 2.40. The monoisotopic (exact) mass is 294 g/mol. The summed E-state index contributed by atoms with van der Waals surface area (Å²) in [6.07, 6.45) is 1.96. The van der Waals surface area contributed by atoms with Gasteiger partial charge in [-0.3, -0.25) is 4.55 Å². The van der Waals surface area contributed by atoms with E-state index in [9.17, 15) is 13.0 Å². The summed E-state index contributed by atoms with van der Waals surface area (Å²) in [7, 11) is -4.41. The van der Waals surface area contributed by atoms with Crippen LogP contribution in [0.3, 0.4) is 0 Å². The molecule has 0 amide bonds. The molecule has 0 saturated carbocycles. The minimum Gasteiger partial charge on any atom is -0.308 e. The van der Waals surface area contributed by atoms with E-state index >= 15 is 0 Å². The standard InChI is InChI=1S/C12H14N4O3S/c1-2-3-8-15-9-6-4-5-7-10(9)16-11(15)13-14-12(16)20(17,18)19/h4-7H,2-3,8H2,1H3,(H,17,18,19). The number of fused-ring (bicyclic) bond motifs is 3. The SMILES string of the molecule is CCCCn1c2ccccc2n2c(S(=O)(=O)O)nnc12. The van der Waals surface area contributed by atoms with Crippen LogP contribution in [0.15, 0.2) is 29.4 Å². The van der Waals surface area contributed by atoms with Gasteiger partial charge in [-0.25, -0.2) is 4.40 Å². The smallest absolute Gasteiger partial charge is 0.308 e. The fraction of sp³-hybridized carbons (Fsp3) is 0.333. The van der Waals surface area contributed by atoms with Crippen molar-refractivity contribution >= 4 is 26.9 Å². The van der Waals surface area contributed by atoms with Crippen LogP contribution in [0.25, 0.3) is 16.8 Å². The normalized spacial score (nSPS) is 12.5. The summed E-state index contributed by atoms with van der Waals surface area (Å²) >= 11 is 0. The van der Waals surface area contributed by atoms with Gasteiger partial charge in [0.05, 0.1) is 11.0 Å². The van der Waals surface area contributed by atoms with E-state index in [1.165, 1.54) is 4.40 Å². The third kappa shape index (κ3) is 1.88. The number of imidazole rings is 1. The van der Waals surface area contributed by atoms with Crippen LogP contribution in [0.4, 0.5) is 0 Å². The lowest BCUT2D eigenvalue weighted by molar-refractivity contribution is 0.473. The summed E-state index contributed by atoms with van der Waals surface area (Å²) in [5, 5.41) is 7.07. The van der Waals surface area contributed by atoms with E-state index in [1.807, 2.05) is 16.7 Å². The van der Waals surface area contributed by atoms with E-state index in [4.69, 9.17) is 0 Å². The molecule has 20 heavy (non-hydrogen) atoms. The molecular weight excluding hydrogens is 280 g/mol. The van der Waals surface area contributed by atoms with Crippen molar-refractivity contribution in [2.45, 2.75) is 31.5 Å². The molecule has 1 aromatic carbocycles. The number of unbranched alkanes of at least 4 members (excludes halogenated alkanes) is 1. The molecule has 2 aromatic heterocycles. The van der Waals surface area contributed by atoms with Gasteiger partial charge in [0.2, 0.25) is 5.78 Å². The van der Waals surface area contributed by atoms with Gasteiger partial charge in [-0.05, 0) is 18.6 Å². The van der Waals surface area contributed by atoms with E-state index in [2.05, 4.69) is 17.1 Å². The average Bonchev–Trinajstić information content (AvgIpc) is 2.94. The molecule has 0 aliphatic heterocycles. The van der Waals surface area contributed by atoms with Crippen molar-refractivity contribution in [2.75, 3.05) is 0 Å². The number of para-hydroxylation sites is 2. The Bertz CT molecular complexity index is 879. The number of benzene rings is 1. The molecule has 0 radical (unpaired) electrons. The molecule has 0 spiro atoms. The fourth-order valence-electron chi connectivity index (χ4n) is 2.34. The minimum atomic E-state index is -4.41. The van der Waals surface area contributed by atoms with Gasteiger partial charge >= 0.3 is 10.1 Å². The second-order valence-electron chi connectivity index (χ2n) is 4.59. The molecule has 3 aromatic rings. The summed E-state index contributed by atoms with van der Waals surface area (Å²) in [5.41, 5.74) is 1.53. The predicted octanol–water partition coefficient (Wildman–Crippen LogP) is 1.73. The van der Waals surface area contributed by atoms with Crippen LogP contribution >= 0.6 is 0 Å². The van der Waals surface area contributed by atoms with Gasteiger partial charge in [0, 0.05) is 6.54 Å². The van der Waals surface area contributed by atoms with Gasteiger partial charge in [-0.15, -0.1) is 10.2 Å². The van der Waals surface area contributed by atoms with Crippen LogP contribution < -0.4 is 0 Å². The first-order chi connectivity index (χ1) is 9.54. The molecule has 3 rings (SSSR count). The number of aryl methyl sites for hydroxylation is 1. The molecule has 106 valence electrons. The molecule has 7 nitrogen and oxygen atoms in total. The highest BCUT2D eigenvalue weighted by Crippen LogP contribution is 2.23. The quantitative estimate of drug-likeness (QED) is 0.740. The molecule has 0 unspecified atom stereocenters. The van der Waals surface area contributed by atoms with E-state index in [-0.39, 0.29) is 0 Å². The van der Waals surface area contributed by atoms with Crippen LogP contribution in [0, 0.1) is 0 Å². The first-order valence-electron chi connectivity index (χ1n) is 6.34. The molecule has 0 bridgehead atoms. The molecular formula is C12H14N4O3S. The topological polar surface area (TPSA) is 89.5 Å². The summed E-state index contributed by atoms with van der Waals surface area (Å²) in [4.78, 5) is 0. The molecule has 0 atom stereocenters. The largest absolute Gasteiger partial charge is 0.331 e. The van der Waals surface area contributed by atoms with Crippen LogP contribution in [-0.2, 0) is 16.7 Å². The number of hydrogen-bond acceptors (Lipinski definition) is 4. The first-order valence-corrected chi connectivity index (χ1v) is 7.78. The Hall–Kier alpha value is -1.93. The van der Waals surface area contributed by atoms with Gasteiger partial charge in [0.1, 0.15) is 0 Å². The van der Waals surface area contributed by atoms with Crippen molar-refractivity contribution in [3.63, 3.8) is 0 Å². The van der Waals surface area contributed by atoms with E-state index in [1.54, 1.807) is 12.1 Å². The van der Waals surface area contributed by atoms with Crippen molar-refractivity contribution in [3.05, 3.63) is 24.3 Å². The number of rotatable bonds is 4. The zero-order valence-corrected chi connectivity index (χ0v) is 11.7. The molecule has 0 fully saturated rings. The molecule has 2 heterocycles. The second kappa shape index (κ2) is 4.57. The lowest BCUT2D eigenvalue weighted by atomic mass is 10.3. The van der Waals surface area contributed by atoms with Gasteiger partial charge in [-0.1, -0.05) is 25.5 Å². The lowest BCUT2D eigenvalue weighted by Crippen LogP contribution is -2.04. The Kier molecular flexibility index (Phi) is 2.98. The molecule has 8 heteroatoms. The molecule has 1 N–H and O–H groups in total. The summed E-state index contributed by atoms with van der Waals surface area (Å²) in [5.74, 6) is 0.423. The van der Waals surface area contributed by atoms with Crippen molar-refractivity contribution in [3.8, 4) is 0 Å². The van der Waals surface area contributed by atoms with Crippen LogP contribution in [-0.4, -0.2) is 32.1 Å². The zero-order chi connectivity index (χ0) is 14.3. The third-order valence-corrected chi connectivity index (χ3v) is 3.96. The third-order valence-electron chi connectivity index (χ3n) is 3.24. The number of aromatic nitrogens is 4. The maximum Gasteiger partial charge on any atom is 0.331 e. The van der Waals surface area contributed by atoms with Gasteiger partial charge in [0.25, 0.3) is 5.16 Å². The Morgan fingerprint density at radius 2 is 1.90 bits per heavy atom. The maximum absolute atomic E-state index is 11.4. The highest BCUT2D eigenvalue weighted by Gasteiger charge is 2.23. The minimum absolute atomic E-state index is 0.423. The first kappa shape index (κ1) is 13.1. The van der Waals surface area contributed by atoms with Crippen LogP contribution in [0.5, 0.6) is 0 Å². The van der Waals surface area contributed by atoms with Gasteiger partial charge < -0.3 is 4.57 Å². The van der Waals surface area contributed by atoms with E-state index in [0.29, 0.717) is 11.3 Å². The van der Waals surface area contributed by atoms with Crippen molar-refractivity contribution in [1.82, 2.24) is 19.2 Å². The Morgan fingerprint density at radius 1 is 1.20 bits per heavy atom. The van der Waals surface area contributed by atoms with Crippen molar-refractivity contribution in [2.24, 2.45) is 0 Å². The predicted molar refractivity (Wildman–Crippen MR) is 73.2 cm³/mol. The fourth-order valence-corrected chi connectivity index (χ4v) is 2.90. The second-order valence-corrected chi connectivity index (χ2v) is 5.90. The summed E-state index contributed by atoms with van der Waals surface area (Å²) < 4.78 is 35.3. The van der Waals surface area contributed by atoms with Crippen LogP contribution in [0.2, 0.25) is 0 Å². The zero-order valence-electron chi connectivity index (χ0n) is 10.9. The maximum atomic E-state index is 11.4. The molecule has 0 aliphatic carbocycles. The van der Waals surface area contributed by atoms with E-state index < -0.39 is 15.3 Å². The van der Waals surface area contributed by atoms with Crippen molar-refractivity contribution in [1.29, 1.82) is 0 Å². The van der Waals surface area contributed by atoms with Gasteiger partial charge in [0.15, 0.2) is 0 Å². The van der Waals surface area contributed by atoms with Crippen LogP contribution in [0.1, 0.15) is 19.8 Å². The highest BCUT2D eigenvalue weighted by atomic mass is 32.2. The Labute approximate surface area is 115 Å². The lowest BCUT2D eigenvalue weighted by Gasteiger charge is -2.02.